The lowest BCUT2D eigenvalue weighted by Gasteiger charge is -2.31. The summed E-state index contributed by atoms with van der Waals surface area (Å²) in [6, 6.07) is 14.0. The first-order valence-corrected chi connectivity index (χ1v) is 8.47. The van der Waals surface area contributed by atoms with Crippen molar-refractivity contribution in [1.82, 2.24) is 0 Å². The Balaban J connectivity index is 2.43. The van der Waals surface area contributed by atoms with Crippen LogP contribution in [0.3, 0.4) is 0 Å². The van der Waals surface area contributed by atoms with E-state index in [1.807, 2.05) is 12.1 Å². The van der Waals surface area contributed by atoms with Crippen LogP contribution in [0.2, 0.25) is 10.0 Å². The van der Waals surface area contributed by atoms with Crippen LogP contribution < -0.4 is 0 Å². The van der Waals surface area contributed by atoms with Crippen LogP contribution in [0.1, 0.15) is 16.7 Å². The minimum absolute atomic E-state index is 0.356. The molecule has 0 aliphatic heterocycles. The number of alkyl halides is 2. The molecule has 0 bridgehead atoms. The molecule has 0 saturated heterocycles. The van der Waals surface area contributed by atoms with E-state index >= 15 is 0 Å². The number of halogens is 4. The van der Waals surface area contributed by atoms with Crippen molar-refractivity contribution in [3.05, 3.63) is 69.2 Å². The molecular weight excluding hydrogens is 346 g/mol. The van der Waals surface area contributed by atoms with Crippen LogP contribution in [0.5, 0.6) is 0 Å². The molecule has 2 aromatic carbocycles. The summed E-state index contributed by atoms with van der Waals surface area (Å²) in [5, 5.41) is 1.13. The largest absolute Gasteiger partial charge is 0.126 e. The van der Waals surface area contributed by atoms with E-state index in [0.717, 1.165) is 11.1 Å². The Labute approximate surface area is 146 Å². The molecule has 0 saturated carbocycles. The van der Waals surface area contributed by atoms with Crippen LogP contribution in [0.4, 0.5) is 0 Å². The third kappa shape index (κ3) is 3.68. The molecule has 2 rings (SSSR count). The summed E-state index contributed by atoms with van der Waals surface area (Å²) in [7, 11) is 0. The van der Waals surface area contributed by atoms with E-state index in [2.05, 4.69) is 31.2 Å². The molecule has 0 atom stereocenters. The summed E-state index contributed by atoms with van der Waals surface area (Å²) in [4.78, 5) is 0. The van der Waals surface area contributed by atoms with E-state index in [0.29, 0.717) is 28.2 Å². The lowest BCUT2D eigenvalue weighted by atomic mass is 9.78. The molecule has 0 unspecified atom stereocenters. The normalized spacial score (nSPS) is 11.7. The van der Waals surface area contributed by atoms with Gasteiger partial charge < -0.3 is 0 Å². The SMILES string of the molecule is Cc1ccc(C(CCl)(CCl)Cc2cccc(Cl)c2Cl)cc1. The molecule has 0 fully saturated rings. The summed E-state index contributed by atoms with van der Waals surface area (Å²) in [5.41, 5.74) is 2.93. The zero-order valence-electron chi connectivity index (χ0n) is 11.7. The van der Waals surface area contributed by atoms with Crippen LogP contribution in [0, 0.1) is 6.92 Å². The van der Waals surface area contributed by atoms with Crippen molar-refractivity contribution in [2.24, 2.45) is 0 Å². The zero-order valence-corrected chi connectivity index (χ0v) is 14.7. The van der Waals surface area contributed by atoms with Gasteiger partial charge >= 0.3 is 0 Å². The van der Waals surface area contributed by atoms with Gasteiger partial charge in [-0.1, -0.05) is 65.2 Å². The van der Waals surface area contributed by atoms with Gasteiger partial charge in [0.1, 0.15) is 0 Å². The molecule has 0 radical (unpaired) electrons. The highest BCUT2D eigenvalue weighted by Gasteiger charge is 2.32. The van der Waals surface area contributed by atoms with Crippen LogP contribution >= 0.6 is 46.4 Å². The van der Waals surface area contributed by atoms with Crippen molar-refractivity contribution in [2.45, 2.75) is 18.8 Å². The summed E-state index contributed by atoms with van der Waals surface area (Å²) < 4.78 is 0. The smallest absolute Gasteiger partial charge is 0.0624 e. The third-order valence-electron chi connectivity index (χ3n) is 3.74. The minimum Gasteiger partial charge on any atom is -0.126 e. The number of benzene rings is 2. The molecule has 0 amide bonds. The lowest BCUT2D eigenvalue weighted by Crippen LogP contribution is -2.33. The fraction of sp³-hybridized carbons (Fsp3) is 0.294. The van der Waals surface area contributed by atoms with E-state index in [-0.39, 0.29) is 5.41 Å². The second kappa shape index (κ2) is 7.24. The zero-order chi connectivity index (χ0) is 15.5. The van der Waals surface area contributed by atoms with Crippen molar-refractivity contribution in [2.75, 3.05) is 11.8 Å². The van der Waals surface area contributed by atoms with E-state index in [1.165, 1.54) is 5.56 Å². The van der Waals surface area contributed by atoms with Crippen LogP contribution in [0.15, 0.2) is 42.5 Å². The average Bonchev–Trinajstić information content (AvgIpc) is 2.50. The number of rotatable bonds is 5. The first kappa shape index (κ1) is 17.0. The Hall–Kier alpha value is -0.400. The maximum absolute atomic E-state index is 6.31. The molecule has 21 heavy (non-hydrogen) atoms. The number of hydrogen-bond acceptors (Lipinski definition) is 0. The number of aryl methyl sites for hydroxylation is 1. The number of hydrogen-bond donors (Lipinski definition) is 0. The van der Waals surface area contributed by atoms with Gasteiger partial charge in [-0.2, -0.15) is 0 Å². The highest BCUT2D eigenvalue weighted by Crippen LogP contribution is 2.36. The summed E-state index contributed by atoms with van der Waals surface area (Å²) in [5.74, 6) is 0.838. The summed E-state index contributed by atoms with van der Waals surface area (Å²) >= 11 is 25.0. The molecule has 0 aliphatic carbocycles. The molecule has 4 heteroatoms. The van der Waals surface area contributed by atoms with Gasteiger partial charge in [0.25, 0.3) is 0 Å². The molecular formula is C17H16Cl4. The maximum Gasteiger partial charge on any atom is 0.0624 e. The van der Waals surface area contributed by atoms with E-state index < -0.39 is 0 Å². The van der Waals surface area contributed by atoms with Gasteiger partial charge in [0.2, 0.25) is 0 Å². The first-order valence-electron chi connectivity index (χ1n) is 6.64. The minimum atomic E-state index is -0.356. The van der Waals surface area contributed by atoms with Crippen molar-refractivity contribution in [1.29, 1.82) is 0 Å². The van der Waals surface area contributed by atoms with Gasteiger partial charge in [0.05, 0.1) is 10.0 Å². The van der Waals surface area contributed by atoms with Gasteiger partial charge in [-0.15, -0.1) is 23.2 Å². The van der Waals surface area contributed by atoms with Crippen LogP contribution in [-0.2, 0) is 11.8 Å². The molecule has 0 nitrogen and oxygen atoms in total. The molecule has 0 spiro atoms. The standard InChI is InChI=1S/C17H16Cl4/c1-12-5-7-14(8-6-12)17(10-18,11-19)9-13-3-2-4-15(20)16(13)21/h2-8H,9-11H2,1H3. The molecule has 0 aromatic heterocycles. The summed E-state index contributed by atoms with van der Waals surface area (Å²) in [6.45, 7) is 2.06. The van der Waals surface area contributed by atoms with E-state index in [1.54, 1.807) is 6.07 Å². The van der Waals surface area contributed by atoms with Gasteiger partial charge in [-0.25, -0.2) is 0 Å². The predicted molar refractivity (Wildman–Crippen MR) is 94.5 cm³/mol. The first-order chi connectivity index (χ1) is 10.0. The highest BCUT2D eigenvalue weighted by atomic mass is 35.5. The second-order valence-corrected chi connectivity index (χ2v) is 6.62. The van der Waals surface area contributed by atoms with E-state index in [9.17, 15) is 0 Å². The molecule has 0 aliphatic rings. The van der Waals surface area contributed by atoms with Gasteiger partial charge in [-0.3, -0.25) is 0 Å². The maximum atomic E-state index is 6.31. The molecule has 0 heterocycles. The monoisotopic (exact) mass is 360 g/mol. The molecule has 112 valence electrons. The fourth-order valence-corrected chi connectivity index (χ4v) is 3.51. The van der Waals surface area contributed by atoms with Gasteiger partial charge in [-0.05, 0) is 30.5 Å². The predicted octanol–water partition coefficient (Wildman–Crippen LogP) is 6.26. The van der Waals surface area contributed by atoms with Gasteiger partial charge in [0, 0.05) is 17.2 Å². The molecule has 0 N–H and O–H groups in total. The van der Waals surface area contributed by atoms with Gasteiger partial charge in [0.15, 0.2) is 0 Å². The van der Waals surface area contributed by atoms with E-state index in [4.69, 9.17) is 46.4 Å². The Morgan fingerprint density at radius 3 is 2.10 bits per heavy atom. The average molecular weight is 362 g/mol. The Bertz CT molecular complexity index is 601. The van der Waals surface area contributed by atoms with Crippen LogP contribution in [-0.4, -0.2) is 11.8 Å². The molecule has 2 aromatic rings. The Morgan fingerprint density at radius 1 is 0.905 bits per heavy atom. The Morgan fingerprint density at radius 2 is 1.52 bits per heavy atom. The highest BCUT2D eigenvalue weighted by molar-refractivity contribution is 6.42. The van der Waals surface area contributed by atoms with Crippen molar-refractivity contribution in [3.8, 4) is 0 Å². The fourth-order valence-electron chi connectivity index (χ4n) is 2.34. The van der Waals surface area contributed by atoms with Crippen LogP contribution in [0.25, 0.3) is 0 Å². The van der Waals surface area contributed by atoms with Crippen molar-refractivity contribution in [3.63, 3.8) is 0 Å². The topological polar surface area (TPSA) is 0 Å². The quantitative estimate of drug-likeness (QED) is 0.551. The second-order valence-electron chi connectivity index (χ2n) is 5.30. The van der Waals surface area contributed by atoms with Crippen molar-refractivity contribution >= 4 is 46.4 Å². The Kier molecular flexibility index (Phi) is 5.85. The third-order valence-corrected chi connectivity index (χ3v) is 5.62. The summed E-state index contributed by atoms with van der Waals surface area (Å²) in [6.07, 6.45) is 0.655. The lowest BCUT2D eigenvalue weighted by molar-refractivity contribution is 0.536. The van der Waals surface area contributed by atoms with Crippen molar-refractivity contribution < 1.29 is 0 Å².